The van der Waals surface area contributed by atoms with Crippen LogP contribution < -0.4 is 114 Å². The minimum atomic E-state index is -0.343. The summed E-state index contributed by atoms with van der Waals surface area (Å²) in [4.78, 5) is 30.8. The van der Waals surface area contributed by atoms with Crippen LogP contribution in [0.25, 0.3) is 4.95 Å². The molecule has 0 saturated heterocycles. The molecule has 5 aromatic rings. The second-order valence-corrected chi connectivity index (χ2v) is 15.5. The molecule has 3 N–H and O–H groups in total. The molecule has 0 saturated carbocycles. The smallest absolute Gasteiger partial charge is 0.782 e. The van der Waals surface area contributed by atoms with Crippen LogP contribution in [0, 0.1) is 32.1 Å². The zero-order valence-electron chi connectivity index (χ0n) is 30.5. The fourth-order valence-corrected chi connectivity index (χ4v) is 7.00. The Morgan fingerprint density at radius 2 is 1.46 bits per heavy atom. The number of rotatable bonds is 9. The number of aromatic nitrogens is 1. The molecule has 4 aromatic carbocycles. The molecule has 0 atom stereocenters. The first kappa shape index (κ1) is 59.0. The molecule has 5 rings (SSSR count). The van der Waals surface area contributed by atoms with Gasteiger partial charge in [-0.1, -0.05) is 107 Å². The monoisotopic (exact) mass is 1020 g/mol. The van der Waals surface area contributed by atoms with Gasteiger partial charge in [0.25, 0.3) is 5.91 Å². The Kier molecular flexibility index (Phi) is 33.7. The van der Waals surface area contributed by atoms with Crippen LogP contribution in [0.3, 0.4) is 0 Å². The number of alkyl halides is 2. The van der Waals surface area contributed by atoms with Crippen LogP contribution in [0.15, 0.2) is 94.4 Å². The Labute approximate surface area is 461 Å². The number of thioether (sulfide) groups is 1. The number of nitrogens with two attached hydrogens (primary N) is 1. The minimum Gasteiger partial charge on any atom is -0.782 e. The van der Waals surface area contributed by atoms with Gasteiger partial charge in [-0.05, 0) is 78.1 Å². The van der Waals surface area contributed by atoms with Gasteiger partial charge < -0.3 is 36.3 Å². The van der Waals surface area contributed by atoms with Crippen LogP contribution in [0.5, 0.6) is 0 Å². The molecule has 1 amide bonds. The summed E-state index contributed by atoms with van der Waals surface area (Å²) in [7, 11) is 0. The Morgan fingerprint density at radius 1 is 0.930 bits per heavy atom. The number of hydrogen-bond donors (Lipinski definition) is 2. The maximum atomic E-state index is 12.9. The molecule has 0 radical (unpaired) electrons. The zero-order valence-corrected chi connectivity index (χ0v) is 43.9. The Morgan fingerprint density at radius 3 is 1.91 bits per heavy atom. The van der Waals surface area contributed by atoms with Crippen molar-refractivity contribution in [2.45, 2.75) is 43.1 Å². The van der Waals surface area contributed by atoms with Gasteiger partial charge in [0.15, 0.2) is 10.1 Å². The number of nitrogens with one attached hydrogen (secondary N) is 1. The van der Waals surface area contributed by atoms with E-state index in [1.165, 1.54) is 47.4 Å². The van der Waals surface area contributed by atoms with Gasteiger partial charge in [-0.3, -0.25) is 9.59 Å². The summed E-state index contributed by atoms with van der Waals surface area (Å²) >= 11 is 31.9. The number of Topliss-reactive ketones (excluding diaryl/α,β-unsaturated/α-hetero) is 1. The first-order chi connectivity index (χ1) is 25.7. The van der Waals surface area contributed by atoms with Crippen LogP contribution in [-0.2, 0) is 47.6 Å². The number of halogens is 6. The summed E-state index contributed by atoms with van der Waals surface area (Å²) in [6.45, 7) is 9.83. The second-order valence-electron chi connectivity index (χ2n) is 10.6. The Bertz CT molecular complexity index is 2040. The molecule has 19 heteroatoms. The van der Waals surface area contributed by atoms with Gasteiger partial charge in [-0.25, -0.2) is 13.8 Å². The molecular weight excluding hydrogens is 989 g/mol. The van der Waals surface area contributed by atoms with Gasteiger partial charge in [-0.2, -0.15) is 10.9 Å². The van der Waals surface area contributed by atoms with E-state index >= 15 is 0 Å². The number of hydrogen-bond acceptors (Lipinski definition) is 9. The van der Waals surface area contributed by atoms with Crippen molar-refractivity contribution in [1.29, 1.82) is 0 Å². The van der Waals surface area contributed by atoms with Gasteiger partial charge >= 0.3 is 103 Å². The second kappa shape index (κ2) is 32.6. The Hall–Kier alpha value is -0.117. The van der Waals surface area contributed by atoms with Crippen LogP contribution in [0.4, 0.5) is 20.3 Å². The maximum absolute atomic E-state index is 12.9. The molecule has 0 fully saturated rings. The van der Waals surface area contributed by atoms with Gasteiger partial charge in [0, 0.05) is 27.6 Å². The average Bonchev–Trinajstić information content (AvgIpc) is 3.52. The number of nitrogens with zero attached hydrogens (tertiary/aromatic N) is 3. The van der Waals surface area contributed by atoms with Crippen LogP contribution in [-0.4, -0.2) is 26.9 Å². The third-order valence-electron chi connectivity index (χ3n) is 6.65. The predicted molar refractivity (Wildman–Crippen MR) is 237 cm³/mol. The summed E-state index contributed by atoms with van der Waals surface area (Å²) in [5.41, 5.74) is 11.3. The number of amides is 1. The molecule has 1 aromatic heterocycles. The van der Waals surface area contributed by atoms with Crippen molar-refractivity contribution in [3.8, 4) is 0 Å². The van der Waals surface area contributed by atoms with E-state index in [0.29, 0.717) is 37.1 Å². The summed E-state index contributed by atoms with van der Waals surface area (Å²) < 4.78 is 25.8. The summed E-state index contributed by atoms with van der Waals surface area (Å²) in [5.74, 6) is 0.0371. The molecule has 0 spiro atoms. The van der Waals surface area contributed by atoms with Crippen molar-refractivity contribution in [2.24, 2.45) is 5.10 Å². The van der Waals surface area contributed by atoms with Crippen molar-refractivity contribution in [2.75, 3.05) is 16.9 Å². The number of carbonyl (C=O) groups is 2. The van der Waals surface area contributed by atoms with Crippen LogP contribution >= 0.6 is 73.8 Å². The van der Waals surface area contributed by atoms with Gasteiger partial charge in [-0.15, -0.1) is 27.9 Å². The number of nitrogen functional groups attached to an aromatic ring is 1. The van der Waals surface area contributed by atoms with Crippen molar-refractivity contribution in [1.82, 2.24) is 4.98 Å². The largest absolute Gasteiger partial charge is 1.00 e. The third kappa shape index (κ3) is 23.1. The summed E-state index contributed by atoms with van der Waals surface area (Å²) in [5, 5.41) is 7.65. The maximum Gasteiger partial charge on any atom is 1.00 e. The number of benzene rings is 4. The molecular formula is C38H35BrCl3F2K2N5O2S4. The van der Waals surface area contributed by atoms with Crippen LogP contribution in [0.2, 0.25) is 10.0 Å². The van der Waals surface area contributed by atoms with E-state index in [1.807, 2.05) is 38.1 Å². The number of carbonyl (C=O) groups excluding carboxylic acids is 2. The van der Waals surface area contributed by atoms with E-state index in [0.717, 1.165) is 33.1 Å². The van der Waals surface area contributed by atoms with E-state index in [9.17, 15) is 18.4 Å². The van der Waals surface area contributed by atoms with E-state index in [4.69, 9.17) is 47.1 Å². The first-order valence-electron chi connectivity index (χ1n) is 15.3. The molecule has 0 bridgehead atoms. The molecule has 0 aliphatic carbocycles. The molecule has 1 heterocycles. The average molecular weight is 1020 g/mol. The van der Waals surface area contributed by atoms with E-state index < -0.39 is 0 Å². The molecule has 0 aliphatic rings. The zero-order chi connectivity index (χ0) is 40.2. The standard InChI is InChI=1S/C18H15ClFN3OS2.C10H10Cl2O.C7H6BrF.C2H2N2S2.CH4.2K/c1-10-3-2-4-13(19)14(10)22-17(24)15-16(21)23-18(26-15)25-9-11-5-7-12(20)8-6-11;1-7-3-2-4-10(12)9(7)5-8(13)6-11;8-5-6-1-3-7(9)4-2-6;1-3-4-2(5)6;;;/h2-8H,9,21H2,1H3,(H,22,24);2-4H,5-6H2,1H3;1-4H,5H2;(H2,4,5,6);1H4;;/q;;;;;2*+1/p-2. The van der Waals surface area contributed by atoms with Crippen molar-refractivity contribution in [3.05, 3.63) is 151 Å². The molecule has 7 nitrogen and oxygen atoms in total. The quantitative estimate of drug-likeness (QED) is 0.0273. The molecule has 292 valence electrons. The van der Waals surface area contributed by atoms with E-state index in [-0.39, 0.29) is 150 Å². The number of para-hydroxylation sites is 1. The topological polar surface area (TPSA) is 102 Å². The predicted octanol–water partition coefficient (Wildman–Crippen LogP) is 6.00. The van der Waals surface area contributed by atoms with Crippen molar-refractivity contribution < 1.29 is 121 Å². The fourth-order valence-electron chi connectivity index (χ4n) is 3.97. The summed E-state index contributed by atoms with van der Waals surface area (Å²) in [6.07, 6.45) is 0.328. The SMILES string of the molecule is C.Cc1cccc(Cl)c1CC(=O)CCl.Cc1cccc(Cl)c1NC(=O)c1sc(SCc2ccc(F)cc2)nc1N.Fc1ccc(CBr)cc1.[C-]#[N+]N=C([S-])[S-].[K+].[K+]. The first-order valence-corrected chi connectivity index (χ1v) is 20.3. The molecule has 0 aliphatic heterocycles. The van der Waals surface area contributed by atoms with Crippen molar-refractivity contribution in [3.63, 3.8) is 0 Å². The van der Waals surface area contributed by atoms with Gasteiger partial charge in [0.2, 0.25) is 0 Å². The van der Waals surface area contributed by atoms with E-state index in [2.05, 4.69) is 61.5 Å². The number of anilines is 2. The molecule has 57 heavy (non-hydrogen) atoms. The third-order valence-corrected chi connectivity index (χ3v) is 10.7. The fraction of sp³-hybridized carbons (Fsp3) is 0.184. The van der Waals surface area contributed by atoms with Gasteiger partial charge in [0.1, 0.15) is 22.3 Å². The Balaban J connectivity index is 0. The van der Waals surface area contributed by atoms with Crippen LogP contribution in [0.1, 0.15) is 44.9 Å². The van der Waals surface area contributed by atoms with Crippen molar-refractivity contribution >= 4 is 127 Å². The van der Waals surface area contributed by atoms with Gasteiger partial charge in [0.05, 0.1) is 16.6 Å². The number of aryl methyl sites for hydroxylation is 2. The summed E-state index contributed by atoms with van der Waals surface area (Å²) in [6, 6.07) is 23.7. The number of thiazole rings is 1. The normalized spacial score (nSPS) is 9.32. The molecule has 0 unspecified atom stereocenters. The van der Waals surface area contributed by atoms with E-state index in [1.54, 1.807) is 36.4 Å². The minimum absolute atomic E-state index is 0. The number of ketones is 1.